The van der Waals surface area contributed by atoms with E-state index < -0.39 is 0 Å². The molecule has 0 aromatic carbocycles. The van der Waals surface area contributed by atoms with Gasteiger partial charge in [-0.1, -0.05) is 26.8 Å². The Kier molecular flexibility index (Phi) is 5.69. The van der Waals surface area contributed by atoms with Gasteiger partial charge in [0.05, 0.1) is 12.2 Å². The Morgan fingerprint density at radius 1 is 1.40 bits per heavy atom. The maximum absolute atomic E-state index is 12.1. The zero-order valence-corrected chi connectivity index (χ0v) is 13.3. The first-order valence-electron chi connectivity index (χ1n) is 7.09. The van der Waals surface area contributed by atoms with E-state index in [2.05, 4.69) is 25.8 Å². The molecule has 0 fully saturated rings. The molecule has 0 bridgehead atoms. The summed E-state index contributed by atoms with van der Waals surface area (Å²) in [4.78, 5) is 18.3. The monoisotopic (exact) mass is 277 g/mol. The predicted molar refractivity (Wildman–Crippen MR) is 82.1 cm³/mol. The summed E-state index contributed by atoms with van der Waals surface area (Å²) in [6.07, 6.45) is 1.23. The Bertz CT molecular complexity index is 451. The van der Waals surface area contributed by atoms with Gasteiger partial charge in [0.15, 0.2) is 0 Å². The van der Waals surface area contributed by atoms with E-state index in [0.29, 0.717) is 13.0 Å². The van der Waals surface area contributed by atoms with Crippen LogP contribution in [-0.4, -0.2) is 28.9 Å². The summed E-state index contributed by atoms with van der Waals surface area (Å²) in [7, 11) is 1.80. The van der Waals surface area contributed by atoms with Crippen molar-refractivity contribution in [2.24, 2.45) is 11.1 Å². The molecule has 0 aliphatic heterocycles. The van der Waals surface area contributed by atoms with Gasteiger partial charge in [-0.05, 0) is 30.9 Å². The number of nitrogens with two attached hydrogens (primary N) is 1. The fraction of sp³-hybridized carbons (Fsp3) is 0.625. The highest BCUT2D eigenvalue weighted by molar-refractivity contribution is 5.76. The lowest BCUT2D eigenvalue weighted by atomic mass is 9.87. The second-order valence-electron chi connectivity index (χ2n) is 6.75. The van der Waals surface area contributed by atoms with Gasteiger partial charge in [-0.15, -0.1) is 0 Å². The van der Waals surface area contributed by atoms with Gasteiger partial charge in [-0.3, -0.25) is 9.78 Å². The third kappa shape index (κ3) is 6.15. The molecule has 0 saturated heterocycles. The minimum atomic E-state index is -0.0876. The van der Waals surface area contributed by atoms with Crippen LogP contribution in [0.15, 0.2) is 18.2 Å². The van der Waals surface area contributed by atoms with E-state index in [1.54, 1.807) is 11.9 Å². The number of pyridine rings is 1. The van der Waals surface area contributed by atoms with E-state index in [4.69, 9.17) is 5.73 Å². The molecular formula is C16H27N3O. The summed E-state index contributed by atoms with van der Waals surface area (Å²) in [5.41, 5.74) is 8.08. The summed E-state index contributed by atoms with van der Waals surface area (Å²) < 4.78 is 0. The van der Waals surface area contributed by atoms with E-state index in [-0.39, 0.29) is 17.4 Å². The van der Waals surface area contributed by atoms with Crippen molar-refractivity contribution in [3.05, 3.63) is 29.6 Å². The quantitative estimate of drug-likeness (QED) is 0.899. The number of carbonyl (C=O) groups is 1. The van der Waals surface area contributed by atoms with Crippen LogP contribution in [0.5, 0.6) is 0 Å². The molecular weight excluding hydrogens is 250 g/mol. The molecule has 1 amide bonds. The standard InChI is InChI=1S/C16H27N3O/c1-12-7-6-8-14(18-12)11-19(5)15(20)9-13(17)10-16(2,3)4/h6-8,13H,9-11,17H2,1-5H3. The van der Waals surface area contributed by atoms with Crippen molar-refractivity contribution in [1.82, 2.24) is 9.88 Å². The second-order valence-corrected chi connectivity index (χ2v) is 6.75. The van der Waals surface area contributed by atoms with Crippen molar-refractivity contribution in [2.45, 2.75) is 53.1 Å². The highest BCUT2D eigenvalue weighted by Crippen LogP contribution is 2.21. The number of nitrogens with zero attached hydrogens (tertiary/aromatic N) is 2. The van der Waals surface area contributed by atoms with Crippen molar-refractivity contribution < 1.29 is 4.79 Å². The van der Waals surface area contributed by atoms with E-state index in [9.17, 15) is 4.79 Å². The Balaban J connectivity index is 2.51. The smallest absolute Gasteiger partial charge is 0.224 e. The lowest BCUT2D eigenvalue weighted by Gasteiger charge is -2.24. The van der Waals surface area contributed by atoms with Gasteiger partial charge in [-0.2, -0.15) is 0 Å². The number of amides is 1. The molecule has 2 N–H and O–H groups in total. The van der Waals surface area contributed by atoms with Gasteiger partial charge < -0.3 is 10.6 Å². The van der Waals surface area contributed by atoms with Crippen LogP contribution < -0.4 is 5.73 Å². The molecule has 1 unspecified atom stereocenters. The van der Waals surface area contributed by atoms with Crippen LogP contribution in [0.4, 0.5) is 0 Å². The third-order valence-electron chi connectivity index (χ3n) is 3.08. The largest absolute Gasteiger partial charge is 0.340 e. The van der Waals surface area contributed by atoms with Crippen LogP contribution in [0.25, 0.3) is 0 Å². The van der Waals surface area contributed by atoms with Crippen molar-refractivity contribution in [3.8, 4) is 0 Å². The maximum atomic E-state index is 12.1. The van der Waals surface area contributed by atoms with E-state index >= 15 is 0 Å². The summed E-state index contributed by atoms with van der Waals surface area (Å²) in [5.74, 6) is 0.0741. The molecule has 1 heterocycles. The van der Waals surface area contributed by atoms with E-state index in [1.165, 1.54) is 0 Å². The molecule has 1 aromatic rings. The molecule has 0 saturated carbocycles. The zero-order chi connectivity index (χ0) is 15.3. The van der Waals surface area contributed by atoms with Crippen LogP contribution in [-0.2, 0) is 11.3 Å². The molecule has 1 atom stereocenters. The number of carbonyl (C=O) groups excluding carboxylic acids is 1. The second kappa shape index (κ2) is 6.84. The van der Waals surface area contributed by atoms with E-state index in [1.807, 2.05) is 25.1 Å². The minimum absolute atomic E-state index is 0.0741. The average molecular weight is 277 g/mol. The Labute approximate surface area is 122 Å². The van der Waals surface area contributed by atoms with Crippen LogP contribution >= 0.6 is 0 Å². The minimum Gasteiger partial charge on any atom is -0.340 e. The summed E-state index contributed by atoms with van der Waals surface area (Å²) in [6, 6.07) is 5.76. The number of aromatic nitrogens is 1. The Hall–Kier alpha value is -1.42. The van der Waals surface area contributed by atoms with Crippen molar-refractivity contribution in [1.29, 1.82) is 0 Å². The molecule has 112 valence electrons. The fourth-order valence-electron chi connectivity index (χ4n) is 2.26. The van der Waals surface area contributed by atoms with Crippen molar-refractivity contribution in [3.63, 3.8) is 0 Å². The van der Waals surface area contributed by atoms with E-state index in [0.717, 1.165) is 17.8 Å². The van der Waals surface area contributed by atoms with Crippen LogP contribution in [0.1, 0.15) is 45.0 Å². The van der Waals surface area contributed by atoms with Gasteiger partial charge in [0, 0.05) is 25.2 Å². The van der Waals surface area contributed by atoms with Crippen molar-refractivity contribution in [2.75, 3.05) is 7.05 Å². The van der Waals surface area contributed by atoms with Gasteiger partial charge >= 0.3 is 0 Å². The molecule has 4 nitrogen and oxygen atoms in total. The zero-order valence-electron chi connectivity index (χ0n) is 13.3. The van der Waals surface area contributed by atoms with Gasteiger partial charge in [0.2, 0.25) is 5.91 Å². The first-order valence-corrected chi connectivity index (χ1v) is 7.09. The highest BCUT2D eigenvalue weighted by atomic mass is 16.2. The number of hydrogen-bond donors (Lipinski definition) is 1. The van der Waals surface area contributed by atoms with Crippen LogP contribution in [0, 0.1) is 12.3 Å². The number of aryl methyl sites for hydroxylation is 1. The maximum Gasteiger partial charge on any atom is 0.224 e. The third-order valence-corrected chi connectivity index (χ3v) is 3.08. The summed E-state index contributed by atoms with van der Waals surface area (Å²) in [5, 5.41) is 0. The molecule has 1 rings (SSSR count). The number of rotatable bonds is 5. The average Bonchev–Trinajstić information content (AvgIpc) is 2.25. The fourth-order valence-corrected chi connectivity index (χ4v) is 2.26. The molecule has 0 aliphatic carbocycles. The first-order chi connectivity index (χ1) is 9.17. The normalized spacial score (nSPS) is 13.1. The lowest BCUT2D eigenvalue weighted by Crippen LogP contribution is -2.35. The number of hydrogen-bond acceptors (Lipinski definition) is 3. The molecule has 0 radical (unpaired) electrons. The van der Waals surface area contributed by atoms with Crippen molar-refractivity contribution >= 4 is 5.91 Å². The Morgan fingerprint density at radius 2 is 2.05 bits per heavy atom. The molecule has 1 aromatic heterocycles. The highest BCUT2D eigenvalue weighted by Gasteiger charge is 2.20. The van der Waals surface area contributed by atoms with Crippen LogP contribution in [0.3, 0.4) is 0 Å². The molecule has 0 aliphatic rings. The summed E-state index contributed by atoms with van der Waals surface area (Å²) in [6.45, 7) is 8.89. The molecule has 20 heavy (non-hydrogen) atoms. The van der Waals surface area contributed by atoms with Gasteiger partial charge in [0.25, 0.3) is 0 Å². The Morgan fingerprint density at radius 3 is 2.60 bits per heavy atom. The van der Waals surface area contributed by atoms with Gasteiger partial charge in [0.1, 0.15) is 0 Å². The topological polar surface area (TPSA) is 59.2 Å². The lowest BCUT2D eigenvalue weighted by molar-refractivity contribution is -0.130. The SMILES string of the molecule is Cc1cccc(CN(C)C(=O)CC(N)CC(C)(C)C)n1. The first kappa shape index (κ1) is 16.6. The summed E-state index contributed by atoms with van der Waals surface area (Å²) >= 11 is 0. The van der Waals surface area contributed by atoms with Gasteiger partial charge in [-0.25, -0.2) is 0 Å². The molecule has 0 spiro atoms. The predicted octanol–water partition coefficient (Wildman–Crippen LogP) is 2.50. The van der Waals surface area contributed by atoms with Crippen LogP contribution in [0.2, 0.25) is 0 Å². The molecule has 4 heteroatoms.